The number of benzene rings is 1. The second-order valence-electron chi connectivity index (χ2n) is 8.32. The van der Waals surface area contributed by atoms with E-state index >= 15 is 0 Å². The van der Waals surface area contributed by atoms with Crippen LogP contribution in [0.3, 0.4) is 0 Å². The first kappa shape index (κ1) is 24.2. The summed E-state index contributed by atoms with van der Waals surface area (Å²) in [6.07, 6.45) is 5.44. The third-order valence-corrected chi connectivity index (χ3v) is 7.79. The van der Waals surface area contributed by atoms with Crippen molar-refractivity contribution in [1.82, 2.24) is 5.32 Å². The van der Waals surface area contributed by atoms with Crippen LogP contribution in [0.5, 0.6) is 0 Å². The highest BCUT2D eigenvalue weighted by Gasteiger charge is 2.35. The van der Waals surface area contributed by atoms with Crippen LogP contribution in [0, 0.1) is 0 Å². The van der Waals surface area contributed by atoms with E-state index in [1.54, 1.807) is 24.3 Å². The number of methoxy groups -OCH3 is 1. The molecule has 0 unspecified atom stereocenters. The van der Waals surface area contributed by atoms with Gasteiger partial charge in [0.05, 0.1) is 19.1 Å². The molecule has 3 aromatic rings. The van der Waals surface area contributed by atoms with E-state index in [0.29, 0.717) is 11.3 Å². The Morgan fingerprint density at radius 3 is 2.47 bits per heavy atom. The van der Waals surface area contributed by atoms with Gasteiger partial charge < -0.3 is 10.1 Å². The van der Waals surface area contributed by atoms with E-state index in [9.17, 15) is 14.4 Å². The van der Waals surface area contributed by atoms with Crippen molar-refractivity contribution in [3.05, 3.63) is 74.6 Å². The number of carbonyl (C=O) groups is 3. The molecule has 8 heteroatoms. The summed E-state index contributed by atoms with van der Waals surface area (Å²) in [6.45, 7) is 0. The molecule has 1 N–H and O–H groups in total. The van der Waals surface area contributed by atoms with Crippen LogP contribution in [0.25, 0.3) is 0 Å². The van der Waals surface area contributed by atoms with Gasteiger partial charge in [-0.3, -0.25) is 14.5 Å². The number of nitrogens with zero attached hydrogens (tertiary/aromatic N) is 1. The van der Waals surface area contributed by atoms with Crippen LogP contribution in [-0.4, -0.2) is 30.9 Å². The predicted octanol–water partition coefficient (Wildman–Crippen LogP) is 5.36. The third-order valence-electron chi connectivity index (χ3n) is 5.99. The lowest BCUT2D eigenvalue weighted by molar-refractivity contribution is -0.127. The lowest BCUT2D eigenvalue weighted by Crippen LogP contribution is -2.47. The number of thiophene rings is 2. The molecule has 0 saturated heterocycles. The van der Waals surface area contributed by atoms with Crippen LogP contribution < -0.4 is 10.2 Å². The molecular formula is C26H28N2O4S2. The quantitative estimate of drug-likeness (QED) is 0.426. The third kappa shape index (κ3) is 5.74. The number of ether oxygens (including phenoxy) is 1. The second-order valence-corrected chi connectivity index (χ2v) is 10.3. The maximum Gasteiger partial charge on any atom is 0.337 e. The van der Waals surface area contributed by atoms with Gasteiger partial charge in [0.25, 0.3) is 0 Å². The summed E-state index contributed by atoms with van der Waals surface area (Å²) >= 11 is 2.94. The molecule has 1 fully saturated rings. The van der Waals surface area contributed by atoms with Crippen molar-refractivity contribution < 1.29 is 19.1 Å². The van der Waals surface area contributed by atoms with Gasteiger partial charge in [-0.1, -0.05) is 37.5 Å². The Labute approximate surface area is 207 Å². The van der Waals surface area contributed by atoms with Crippen molar-refractivity contribution in [3.63, 3.8) is 0 Å². The molecule has 1 saturated carbocycles. The van der Waals surface area contributed by atoms with Crippen molar-refractivity contribution in [2.45, 2.75) is 50.6 Å². The number of anilines is 1. The van der Waals surface area contributed by atoms with Crippen molar-refractivity contribution in [2.75, 3.05) is 12.0 Å². The number of carbonyl (C=O) groups excluding carboxylic acids is 3. The molecule has 0 bridgehead atoms. The van der Waals surface area contributed by atoms with Gasteiger partial charge in [0.1, 0.15) is 6.04 Å². The number of nitrogens with one attached hydrogen (secondary N) is 1. The molecule has 1 aliphatic carbocycles. The molecule has 34 heavy (non-hydrogen) atoms. The highest BCUT2D eigenvalue weighted by atomic mass is 32.1. The second kappa shape index (κ2) is 11.4. The van der Waals surface area contributed by atoms with Gasteiger partial charge in [-0.25, -0.2) is 4.79 Å². The number of esters is 1. The first-order chi connectivity index (χ1) is 16.6. The van der Waals surface area contributed by atoms with Gasteiger partial charge in [-0.2, -0.15) is 0 Å². The van der Waals surface area contributed by atoms with Crippen LogP contribution in [0.1, 0.15) is 58.3 Å². The fourth-order valence-electron chi connectivity index (χ4n) is 4.33. The highest BCUT2D eigenvalue weighted by Crippen LogP contribution is 2.33. The molecule has 1 atom stereocenters. The van der Waals surface area contributed by atoms with Crippen LogP contribution in [-0.2, 0) is 20.7 Å². The maximum atomic E-state index is 13.7. The summed E-state index contributed by atoms with van der Waals surface area (Å²) in [5.74, 6) is -0.897. The molecule has 0 radical (unpaired) electrons. The Bertz CT molecular complexity index is 1110. The smallest absolute Gasteiger partial charge is 0.337 e. The zero-order chi connectivity index (χ0) is 23.9. The number of rotatable bonds is 8. The summed E-state index contributed by atoms with van der Waals surface area (Å²) in [7, 11) is 1.32. The van der Waals surface area contributed by atoms with E-state index in [0.717, 1.165) is 35.4 Å². The first-order valence-corrected chi connectivity index (χ1v) is 13.2. The van der Waals surface area contributed by atoms with Gasteiger partial charge in [0.2, 0.25) is 11.8 Å². The fraction of sp³-hybridized carbons (Fsp3) is 0.346. The van der Waals surface area contributed by atoms with Crippen molar-refractivity contribution in [2.24, 2.45) is 0 Å². The Morgan fingerprint density at radius 2 is 1.79 bits per heavy atom. The minimum Gasteiger partial charge on any atom is -0.465 e. The van der Waals surface area contributed by atoms with Gasteiger partial charge in [-0.05, 0) is 53.9 Å². The average Bonchev–Trinajstić information content (AvgIpc) is 3.57. The highest BCUT2D eigenvalue weighted by molar-refractivity contribution is 7.10. The predicted molar refractivity (Wildman–Crippen MR) is 135 cm³/mol. The Morgan fingerprint density at radius 1 is 1.03 bits per heavy atom. The van der Waals surface area contributed by atoms with Crippen LogP contribution in [0.15, 0.2) is 59.3 Å². The largest absolute Gasteiger partial charge is 0.465 e. The van der Waals surface area contributed by atoms with Crippen molar-refractivity contribution in [1.29, 1.82) is 0 Å². The number of hydrogen-bond donors (Lipinski definition) is 1. The molecule has 4 rings (SSSR count). The Kier molecular flexibility index (Phi) is 8.13. The summed E-state index contributed by atoms with van der Waals surface area (Å²) in [5, 5.41) is 7.04. The van der Waals surface area contributed by atoms with Crippen LogP contribution >= 0.6 is 22.7 Å². The van der Waals surface area contributed by atoms with Gasteiger partial charge in [-0.15, -0.1) is 22.7 Å². The molecule has 6 nitrogen and oxygen atoms in total. The number of amides is 2. The minimum absolute atomic E-state index is 0.111. The van der Waals surface area contributed by atoms with Crippen LogP contribution in [0.2, 0.25) is 0 Å². The van der Waals surface area contributed by atoms with E-state index < -0.39 is 12.0 Å². The zero-order valence-electron chi connectivity index (χ0n) is 19.1. The molecule has 0 spiro atoms. The number of hydrogen-bond acceptors (Lipinski definition) is 6. The normalized spacial score (nSPS) is 14.9. The van der Waals surface area contributed by atoms with Crippen molar-refractivity contribution in [3.8, 4) is 0 Å². The van der Waals surface area contributed by atoms with Crippen LogP contribution in [0.4, 0.5) is 5.69 Å². The van der Waals surface area contributed by atoms with E-state index in [4.69, 9.17) is 4.74 Å². The Hall–Kier alpha value is -2.97. The van der Waals surface area contributed by atoms with Gasteiger partial charge in [0, 0.05) is 21.5 Å². The molecule has 0 aliphatic heterocycles. The fourth-order valence-corrected chi connectivity index (χ4v) is 5.84. The molecule has 1 aromatic carbocycles. The maximum absolute atomic E-state index is 13.7. The van der Waals surface area contributed by atoms with E-state index in [1.165, 1.54) is 41.1 Å². The van der Waals surface area contributed by atoms with Crippen molar-refractivity contribution >= 4 is 46.1 Å². The average molecular weight is 497 g/mol. The topological polar surface area (TPSA) is 75.7 Å². The van der Waals surface area contributed by atoms with Gasteiger partial charge >= 0.3 is 5.97 Å². The van der Waals surface area contributed by atoms with Gasteiger partial charge in [0.15, 0.2) is 0 Å². The van der Waals surface area contributed by atoms with E-state index in [2.05, 4.69) is 5.32 Å². The molecule has 2 heterocycles. The van der Waals surface area contributed by atoms with E-state index in [1.807, 2.05) is 35.0 Å². The lowest BCUT2D eigenvalue weighted by atomic mass is 9.95. The SMILES string of the molecule is COC(=O)c1cccc(N(C(=O)Cc2cccs2)[C@H](C(=O)NC2CCCCC2)c2cccs2)c1. The molecule has 1 aliphatic rings. The minimum atomic E-state index is -0.831. The molecular weight excluding hydrogens is 468 g/mol. The van der Waals surface area contributed by atoms with E-state index in [-0.39, 0.29) is 24.3 Å². The standard InChI is InChI=1S/C26H28N2O4S2/c1-32-26(31)18-8-5-11-20(16-18)28(23(29)17-21-12-6-14-33-21)24(22-13-7-15-34-22)25(30)27-19-9-3-2-4-10-19/h5-8,11-16,19,24H,2-4,9-10,17H2,1H3,(H,27,30)/t24-/m0/s1. The first-order valence-electron chi connectivity index (χ1n) is 11.4. The summed E-state index contributed by atoms with van der Waals surface area (Å²) in [5.41, 5.74) is 0.813. The monoisotopic (exact) mass is 496 g/mol. The molecule has 178 valence electrons. The molecule has 2 amide bonds. The Balaban J connectivity index is 1.74. The summed E-state index contributed by atoms with van der Waals surface area (Å²) < 4.78 is 4.88. The summed E-state index contributed by atoms with van der Waals surface area (Å²) in [6, 6.07) is 13.6. The zero-order valence-corrected chi connectivity index (χ0v) is 20.7. The summed E-state index contributed by atoms with van der Waals surface area (Å²) in [4.78, 5) is 42.9. The molecule has 2 aromatic heterocycles. The lowest BCUT2D eigenvalue weighted by Gasteiger charge is -2.33.